The van der Waals surface area contributed by atoms with Crippen molar-refractivity contribution in [3.8, 4) is 0 Å². The number of H-pyrrole nitrogens is 1. The first-order valence-corrected chi connectivity index (χ1v) is 6.66. The minimum Gasteiger partial charge on any atom is -0.348 e. The van der Waals surface area contributed by atoms with Gasteiger partial charge >= 0.3 is 0 Å². The third-order valence-corrected chi connectivity index (χ3v) is 3.86. The summed E-state index contributed by atoms with van der Waals surface area (Å²) in [5, 5.41) is 6.12. The van der Waals surface area contributed by atoms with Crippen LogP contribution in [0.15, 0.2) is 48.8 Å². The largest absolute Gasteiger partial charge is 0.348 e. The van der Waals surface area contributed by atoms with Crippen LogP contribution in [-0.4, -0.2) is 16.5 Å². The molecule has 1 atom stereocenters. The number of fused-ring (bicyclic) bond motifs is 2. The van der Waals surface area contributed by atoms with Gasteiger partial charge in [-0.1, -0.05) is 36.4 Å². The van der Waals surface area contributed by atoms with E-state index in [-0.39, 0.29) is 6.04 Å². The summed E-state index contributed by atoms with van der Waals surface area (Å²) in [5.41, 5.74) is 3.69. The lowest BCUT2D eigenvalue weighted by molar-refractivity contribution is 0.554. The molecule has 0 aliphatic carbocycles. The van der Waals surface area contributed by atoms with Gasteiger partial charge in [0.15, 0.2) is 0 Å². The fraction of sp³-hybridized carbons (Fsp3) is 0.188. The van der Waals surface area contributed by atoms with Crippen LogP contribution in [0.3, 0.4) is 0 Å². The highest BCUT2D eigenvalue weighted by atomic mass is 15.0. The van der Waals surface area contributed by atoms with Crippen molar-refractivity contribution in [2.45, 2.75) is 12.5 Å². The molecule has 94 valence electrons. The molecule has 19 heavy (non-hydrogen) atoms. The summed E-state index contributed by atoms with van der Waals surface area (Å²) >= 11 is 0. The van der Waals surface area contributed by atoms with Gasteiger partial charge in [-0.25, -0.2) is 4.98 Å². The second-order valence-corrected chi connectivity index (χ2v) is 5.01. The van der Waals surface area contributed by atoms with Gasteiger partial charge in [0, 0.05) is 18.7 Å². The van der Waals surface area contributed by atoms with Crippen LogP contribution in [-0.2, 0) is 6.42 Å². The minimum absolute atomic E-state index is 0.208. The van der Waals surface area contributed by atoms with Crippen molar-refractivity contribution in [2.75, 3.05) is 6.54 Å². The maximum absolute atomic E-state index is 4.48. The van der Waals surface area contributed by atoms with Crippen LogP contribution in [0, 0.1) is 0 Å². The van der Waals surface area contributed by atoms with Crippen molar-refractivity contribution in [1.82, 2.24) is 15.3 Å². The van der Waals surface area contributed by atoms with Crippen molar-refractivity contribution in [3.05, 3.63) is 65.7 Å². The zero-order chi connectivity index (χ0) is 12.7. The molecule has 2 aromatic carbocycles. The van der Waals surface area contributed by atoms with E-state index in [1.807, 2.05) is 0 Å². The van der Waals surface area contributed by atoms with Crippen molar-refractivity contribution in [3.63, 3.8) is 0 Å². The molecule has 1 aromatic heterocycles. The van der Waals surface area contributed by atoms with Crippen LogP contribution in [0.4, 0.5) is 0 Å². The molecule has 0 radical (unpaired) electrons. The van der Waals surface area contributed by atoms with Gasteiger partial charge in [0.1, 0.15) is 0 Å². The lowest BCUT2D eigenvalue weighted by Crippen LogP contribution is -2.30. The standard InChI is InChI=1S/C16H15N3/c1-2-4-12-9-13(6-5-11(12)3-1)15-16-14(7-8-17-15)18-10-19-16/h1-6,9-10,15,17H,7-8H2,(H,18,19)/t15-/m1/s1. The first-order valence-electron chi connectivity index (χ1n) is 6.66. The average Bonchev–Trinajstić information content (AvgIpc) is 2.95. The Bertz CT molecular complexity index is 729. The van der Waals surface area contributed by atoms with Crippen LogP contribution in [0.5, 0.6) is 0 Å². The average molecular weight is 249 g/mol. The van der Waals surface area contributed by atoms with E-state index in [1.165, 1.54) is 22.0 Å². The van der Waals surface area contributed by atoms with Gasteiger partial charge in [0.05, 0.1) is 18.1 Å². The molecule has 0 saturated heterocycles. The zero-order valence-electron chi connectivity index (χ0n) is 10.6. The third-order valence-electron chi connectivity index (χ3n) is 3.86. The number of nitrogens with one attached hydrogen (secondary N) is 2. The van der Waals surface area contributed by atoms with Crippen molar-refractivity contribution in [1.29, 1.82) is 0 Å². The maximum Gasteiger partial charge on any atom is 0.0926 e. The van der Waals surface area contributed by atoms with Gasteiger partial charge in [0.25, 0.3) is 0 Å². The molecule has 3 aromatic rings. The Morgan fingerprint density at radius 2 is 1.95 bits per heavy atom. The molecule has 0 bridgehead atoms. The molecule has 0 spiro atoms. The number of nitrogens with zero attached hydrogens (tertiary/aromatic N) is 1. The van der Waals surface area contributed by atoms with Crippen LogP contribution in [0.2, 0.25) is 0 Å². The molecule has 2 heterocycles. The number of benzene rings is 2. The Kier molecular flexibility index (Phi) is 2.38. The summed E-state index contributed by atoms with van der Waals surface area (Å²) in [7, 11) is 0. The molecule has 0 saturated carbocycles. The molecule has 1 aliphatic heterocycles. The number of aromatic amines is 1. The highest BCUT2D eigenvalue weighted by Gasteiger charge is 2.23. The SMILES string of the molecule is c1ccc2cc([C@H]3NCCc4[nH]cnc43)ccc2c1. The van der Waals surface area contributed by atoms with Gasteiger partial charge < -0.3 is 10.3 Å². The molecule has 2 N–H and O–H groups in total. The molecule has 1 aliphatic rings. The molecule has 3 nitrogen and oxygen atoms in total. The van der Waals surface area contributed by atoms with E-state index in [4.69, 9.17) is 0 Å². The second-order valence-electron chi connectivity index (χ2n) is 5.01. The van der Waals surface area contributed by atoms with E-state index in [0.717, 1.165) is 18.7 Å². The lowest BCUT2D eigenvalue weighted by Gasteiger charge is -2.23. The first kappa shape index (κ1) is 10.8. The van der Waals surface area contributed by atoms with E-state index < -0.39 is 0 Å². The van der Waals surface area contributed by atoms with Gasteiger partial charge in [-0.3, -0.25) is 0 Å². The predicted molar refractivity (Wildman–Crippen MR) is 76.1 cm³/mol. The summed E-state index contributed by atoms with van der Waals surface area (Å²) in [5.74, 6) is 0. The molecular weight excluding hydrogens is 234 g/mol. The monoisotopic (exact) mass is 249 g/mol. The summed E-state index contributed by atoms with van der Waals surface area (Å²) in [6.07, 6.45) is 2.82. The first-order chi connectivity index (χ1) is 9.42. The maximum atomic E-state index is 4.48. The molecule has 0 amide bonds. The van der Waals surface area contributed by atoms with E-state index in [1.54, 1.807) is 6.33 Å². The number of hydrogen-bond acceptors (Lipinski definition) is 2. The van der Waals surface area contributed by atoms with Crippen molar-refractivity contribution in [2.24, 2.45) is 0 Å². The predicted octanol–water partition coefficient (Wildman–Crippen LogP) is 2.80. The quantitative estimate of drug-likeness (QED) is 0.696. The fourth-order valence-electron chi connectivity index (χ4n) is 2.88. The number of aromatic nitrogens is 2. The number of imidazole rings is 1. The van der Waals surface area contributed by atoms with E-state index in [2.05, 4.69) is 57.7 Å². The normalized spacial score (nSPS) is 18.4. The van der Waals surface area contributed by atoms with Crippen molar-refractivity contribution >= 4 is 10.8 Å². The zero-order valence-corrected chi connectivity index (χ0v) is 10.6. The smallest absolute Gasteiger partial charge is 0.0926 e. The number of hydrogen-bond donors (Lipinski definition) is 2. The Hall–Kier alpha value is -2.13. The Morgan fingerprint density at radius 3 is 2.89 bits per heavy atom. The van der Waals surface area contributed by atoms with Crippen LogP contribution in [0.25, 0.3) is 10.8 Å². The third kappa shape index (κ3) is 1.74. The Balaban J connectivity index is 1.83. The molecular formula is C16H15N3. The topological polar surface area (TPSA) is 40.7 Å². The molecule has 4 rings (SSSR count). The highest BCUT2D eigenvalue weighted by molar-refractivity contribution is 5.83. The van der Waals surface area contributed by atoms with Gasteiger partial charge in [0.2, 0.25) is 0 Å². The van der Waals surface area contributed by atoms with Gasteiger partial charge in [-0.05, 0) is 22.4 Å². The highest BCUT2D eigenvalue weighted by Crippen LogP contribution is 2.28. The minimum atomic E-state index is 0.208. The molecule has 0 unspecified atom stereocenters. The van der Waals surface area contributed by atoms with Gasteiger partial charge in [-0.2, -0.15) is 0 Å². The summed E-state index contributed by atoms with van der Waals surface area (Å²) < 4.78 is 0. The van der Waals surface area contributed by atoms with E-state index in [0.29, 0.717) is 0 Å². The molecule has 0 fully saturated rings. The second kappa shape index (κ2) is 4.21. The summed E-state index contributed by atoms with van der Waals surface area (Å²) in [4.78, 5) is 7.72. The van der Waals surface area contributed by atoms with Crippen LogP contribution < -0.4 is 5.32 Å². The summed E-state index contributed by atoms with van der Waals surface area (Å²) in [6.45, 7) is 0.993. The van der Waals surface area contributed by atoms with Gasteiger partial charge in [-0.15, -0.1) is 0 Å². The Labute approximate surface area is 111 Å². The summed E-state index contributed by atoms with van der Waals surface area (Å²) in [6, 6.07) is 15.3. The van der Waals surface area contributed by atoms with E-state index >= 15 is 0 Å². The molecule has 3 heteroatoms. The fourth-order valence-corrected chi connectivity index (χ4v) is 2.88. The van der Waals surface area contributed by atoms with Crippen LogP contribution in [0.1, 0.15) is 23.0 Å². The Morgan fingerprint density at radius 1 is 1.05 bits per heavy atom. The van der Waals surface area contributed by atoms with Crippen molar-refractivity contribution < 1.29 is 0 Å². The van der Waals surface area contributed by atoms with E-state index in [9.17, 15) is 0 Å². The van der Waals surface area contributed by atoms with Crippen LogP contribution >= 0.6 is 0 Å². The number of rotatable bonds is 1. The lowest BCUT2D eigenvalue weighted by atomic mass is 9.96.